The van der Waals surface area contributed by atoms with Gasteiger partial charge in [-0.25, -0.2) is 13.2 Å². The van der Waals surface area contributed by atoms with Crippen molar-refractivity contribution in [2.75, 3.05) is 7.05 Å². The molecule has 1 unspecified atom stereocenters. The first kappa shape index (κ1) is 13.7. The molecule has 2 nitrogen and oxygen atoms in total. The van der Waals surface area contributed by atoms with Crippen LogP contribution >= 0.6 is 0 Å². The number of furan rings is 1. The molecule has 2 rings (SSSR count). The predicted octanol–water partition coefficient (Wildman–Crippen LogP) is 3.62. The van der Waals surface area contributed by atoms with Crippen LogP contribution in [0.5, 0.6) is 0 Å². The average molecular weight is 269 g/mol. The van der Waals surface area contributed by atoms with Gasteiger partial charge in [-0.3, -0.25) is 0 Å². The molecule has 0 bridgehead atoms. The number of rotatable bonds is 3. The first-order chi connectivity index (χ1) is 8.93. The second kappa shape index (κ2) is 5.09. The molecule has 0 fully saturated rings. The van der Waals surface area contributed by atoms with Crippen molar-refractivity contribution in [3.8, 4) is 0 Å². The number of aryl methyl sites for hydroxylation is 2. The van der Waals surface area contributed by atoms with Crippen LogP contribution in [0.4, 0.5) is 13.2 Å². The molecule has 0 radical (unpaired) electrons. The minimum atomic E-state index is -0.936. The van der Waals surface area contributed by atoms with Crippen molar-refractivity contribution in [1.29, 1.82) is 0 Å². The SMILES string of the molecule is CNC(c1cc(C)oc1C)c1c(F)cc(F)cc1F. The largest absolute Gasteiger partial charge is 0.466 e. The number of hydrogen-bond donors (Lipinski definition) is 1. The van der Waals surface area contributed by atoms with Gasteiger partial charge < -0.3 is 9.73 Å². The van der Waals surface area contributed by atoms with Crippen LogP contribution in [-0.2, 0) is 0 Å². The average Bonchev–Trinajstić information content (AvgIpc) is 2.62. The van der Waals surface area contributed by atoms with Gasteiger partial charge in [0.1, 0.15) is 29.0 Å². The van der Waals surface area contributed by atoms with Crippen LogP contribution in [0, 0.1) is 31.3 Å². The fourth-order valence-electron chi connectivity index (χ4n) is 2.22. The van der Waals surface area contributed by atoms with Crippen molar-refractivity contribution in [3.05, 3.63) is 58.3 Å². The molecule has 0 aliphatic heterocycles. The summed E-state index contributed by atoms with van der Waals surface area (Å²) in [6, 6.07) is 2.33. The van der Waals surface area contributed by atoms with Crippen LogP contribution in [0.25, 0.3) is 0 Å². The van der Waals surface area contributed by atoms with Gasteiger partial charge in [-0.15, -0.1) is 0 Å². The molecule has 0 amide bonds. The predicted molar refractivity (Wildman–Crippen MR) is 65.4 cm³/mol. The standard InChI is InChI=1S/C14H14F3NO/c1-7-4-10(8(2)19-7)14(18-3)13-11(16)5-9(15)6-12(13)17/h4-6,14,18H,1-3H3. The zero-order chi connectivity index (χ0) is 14.2. The summed E-state index contributed by atoms with van der Waals surface area (Å²) in [5.41, 5.74) is 0.414. The van der Waals surface area contributed by atoms with Crippen LogP contribution in [0.15, 0.2) is 22.6 Å². The summed E-state index contributed by atoms with van der Waals surface area (Å²) in [5.74, 6) is -1.56. The second-order valence-corrected chi connectivity index (χ2v) is 4.37. The molecule has 0 saturated carbocycles. The Balaban J connectivity index is 2.57. The summed E-state index contributed by atoms with van der Waals surface area (Å²) in [6.07, 6.45) is 0. The molecule has 0 saturated heterocycles. The maximum absolute atomic E-state index is 13.8. The van der Waals surface area contributed by atoms with Gasteiger partial charge in [0, 0.05) is 23.3 Å². The molecule has 5 heteroatoms. The lowest BCUT2D eigenvalue weighted by Crippen LogP contribution is -2.21. The first-order valence-corrected chi connectivity index (χ1v) is 5.82. The highest BCUT2D eigenvalue weighted by atomic mass is 19.1. The highest BCUT2D eigenvalue weighted by Gasteiger charge is 2.24. The Morgan fingerprint density at radius 2 is 1.63 bits per heavy atom. The lowest BCUT2D eigenvalue weighted by molar-refractivity contribution is 0.483. The van der Waals surface area contributed by atoms with E-state index in [0.717, 1.165) is 0 Å². The van der Waals surface area contributed by atoms with Crippen molar-refractivity contribution in [2.24, 2.45) is 0 Å². The van der Waals surface area contributed by atoms with Gasteiger partial charge in [0.25, 0.3) is 0 Å². The molecule has 102 valence electrons. The van der Waals surface area contributed by atoms with E-state index in [0.29, 0.717) is 29.2 Å². The Morgan fingerprint density at radius 1 is 1.05 bits per heavy atom. The molecule has 0 spiro atoms. The third kappa shape index (κ3) is 2.51. The normalized spacial score (nSPS) is 12.7. The van der Waals surface area contributed by atoms with Gasteiger partial charge in [0.15, 0.2) is 0 Å². The van der Waals surface area contributed by atoms with E-state index in [-0.39, 0.29) is 5.56 Å². The van der Waals surface area contributed by atoms with Gasteiger partial charge in [-0.2, -0.15) is 0 Å². The number of nitrogens with one attached hydrogen (secondary N) is 1. The van der Waals surface area contributed by atoms with Crippen molar-refractivity contribution in [1.82, 2.24) is 5.32 Å². The lowest BCUT2D eigenvalue weighted by atomic mass is 9.98. The number of benzene rings is 1. The third-order valence-electron chi connectivity index (χ3n) is 3.01. The molecule has 1 N–H and O–H groups in total. The summed E-state index contributed by atoms with van der Waals surface area (Å²) < 4.78 is 45.9. The summed E-state index contributed by atoms with van der Waals surface area (Å²) in [6.45, 7) is 3.46. The third-order valence-corrected chi connectivity index (χ3v) is 3.01. The fourth-order valence-corrected chi connectivity index (χ4v) is 2.22. The molecule has 0 aliphatic rings. The van der Waals surface area contributed by atoms with Gasteiger partial charge in [-0.1, -0.05) is 0 Å². The molecule has 1 aromatic heterocycles. The van der Waals surface area contributed by atoms with E-state index >= 15 is 0 Å². The highest BCUT2D eigenvalue weighted by molar-refractivity contribution is 5.36. The molecule has 0 aliphatic carbocycles. The second-order valence-electron chi connectivity index (χ2n) is 4.37. The van der Waals surface area contributed by atoms with Crippen molar-refractivity contribution < 1.29 is 17.6 Å². The Labute approximate surface area is 109 Å². The summed E-state index contributed by atoms with van der Waals surface area (Å²) in [7, 11) is 1.58. The zero-order valence-corrected chi connectivity index (χ0v) is 10.9. The molecular formula is C14H14F3NO. The molecular weight excluding hydrogens is 255 g/mol. The van der Waals surface area contributed by atoms with E-state index in [1.54, 1.807) is 27.0 Å². The minimum Gasteiger partial charge on any atom is -0.466 e. The van der Waals surface area contributed by atoms with Crippen molar-refractivity contribution in [3.63, 3.8) is 0 Å². The molecule has 19 heavy (non-hydrogen) atoms. The zero-order valence-electron chi connectivity index (χ0n) is 10.9. The van der Waals surface area contributed by atoms with Gasteiger partial charge >= 0.3 is 0 Å². The maximum Gasteiger partial charge on any atom is 0.134 e. The van der Waals surface area contributed by atoms with Gasteiger partial charge in [0.2, 0.25) is 0 Å². The fraction of sp³-hybridized carbons (Fsp3) is 0.286. The van der Waals surface area contributed by atoms with E-state index in [1.165, 1.54) is 0 Å². The Bertz CT molecular complexity index is 584. The summed E-state index contributed by atoms with van der Waals surface area (Å²) in [5, 5.41) is 2.83. The molecule has 1 aromatic carbocycles. The molecule has 1 heterocycles. The minimum absolute atomic E-state index is 0.215. The number of hydrogen-bond acceptors (Lipinski definition) is 2. The van der Waals surface area contributed by atoms with E-state index in [1.807, 2.05) is 0 Å². The van der Waals surface area contributed by atoms with Gasteiger partial charge in [-0.05, 0) is 27.0 Å². The van der Waals surface area contributed by atoms with Crippen LogP contribution in [-0.4, -0.2) is 7.05 Å². The highest BCUT2D eigenvalue weighted by Crippen LogP contribution is 2.30. The Hall–Kier alpha value is -1.75. The lowest BCUT2D eigenvalue weighted by Gasteiger charge is -2.17. The number of halogens is 3. The Morgan fingerprint density at radius 3 is 2.05 bits per heavy atom. The van der Waals surface area contributed by atoms with Crippen molar-refractivity contribution >= 4 is 0 Å². The van der Waals surface area contributed by atoms with Crippen LogP contribution in [0.2, 0.25) is 0 Å². The van der Waals surface area contributed by atoms with E-state index in [4.69, 9.17) is 4.42 Å². The maximum atomic E-state index is 13.8. The van der Waals surface area contributed by atoms with Crippen LogP contribution in [0.1, 0.15) is 28.7 Å². The first-order valence-electron chi connectivity index (χ1n) is 5.82. The van der Waals surface area contributed by atoms with E-state index < -0.39 is 23.5 Å². The van der Waals surface area contributed by atoms with Crippen molar-refractivity contribution in [2.45, 2.75) is 19.9 Å². The Kier molecular flexibility index (Phi) is 3.66. The monoisotopic (exact) mass is 269 g/mol. The quantitative estimate of drug-likeness (QED) is 0.920. The summed E-state index contributed by atoms with van der Waals surface area (Å²) in [4.78, 5) is 0. The van der Waals surface area contributed by atoms with E-state index in [2.05, 4.69) is 5.32 Å². The van der Waals surface area contributed by atoms with Gasteiger partial charge in [0.05, 0.1) is 6.04 Å². The topological polar surface area (TPSA) is 25.2 Å². The molecule has 1 atom stereocenters. The smallest absolute Gasteiger partial charge is 0.134 e. The van der Waals surface area contributed by atoms with E-state index in [9.17, 15) is 13.2 Å². The van der Waals surface area contributed by atoms with Crippen LogP contribution < -0.4 is 5.32 Å². The van der Waals surface area contributed by atoms with Crippen LogP contribution in [0.3, 0.4) is 0 Å². The summed E-state index contributed by atoms with van der Waals surface area (Å²) >= 11 is 0. The molecule has 2 aromatic rings.